The molecular formula is C27H17ClN4O3S. The van der Waals surface area contributed by atoms with E-state index in [0.717, 1.165) is 31.1 Å². The highest BCUT2D eigenvalue weighted by Crippen LogP contribution is 2.32. The zero-order valence-electron chi connectivity index (χ0n) is 18.9. The van der Waals surface area contributed by atoms with Crippen LogP contribution in [0.4, 0.5) is 0 Å². The molecule has 0 saturated carbocycles. The molecule has 9 heteroatoms. The smallest absolute Gasteiger partial charge is 0.341 e. The highest BCUT2D eigenvalue weighted by Gasteiger charge is 2.17. The van der Waals surface area contributed by atoms with Gasteiger partial charge in [0.2, 0.25) is 0 Å². The van der Waals surface area contributed by atoms with Crippen LogP contribution < -0.4 is 16.0 Å². The summed E-state index contributed by atoms with van der Waals surface area (Å²) in [6.45, 7) is 0. The highest BCUT2D eigenvalue weighted by atomic mass is 35.5. The number of nitrogens with zero attached hydrogens (tertiary/aromatic N) is 4. The molecule has 3 aromatic carbocycles. The van der Waals surface area contributed by atoms with Crippen molar-refractivity contribution in [2.75, 3.05) is 7.11 Å². The van der Waals surface area contributed by atoms with Crippen LogP contribution in [0.1, 0.15) is 0 Å². The molecule has 36 heavy (non-hydrogen) atoms. The van der Waals surface area contributed by atoms with Gasteiger partial charge in [0.25, 0.3) is 5.56 Å². The number of ether oxygens (including phenoxy) is 1. The number of hydrogen-bond acceptors (Lipinski definition) is 6. The minimum Gasteiger partial charge on any atom is -0.497 e. The molecule has 0 fully saturated rings. The van der Waals surface area contributed by atoms with Crippen LogP contribution in [0.15, 0.2) is 94.6 Å². The summed E-state index contributed by atoms with van der Waals surface area (Å²) < 4.78 is 8.89. The van der Waals surface area contributed by atoms with Gasteiger partial charge in [0.05, 0.1) is 34.1 Å². The summed E-state index contributed by atoms with van der Waals surface area (Å²) in [5.41, 5.74) is 2.10. The lowest BCUT2D eigenvalue weighted by molar-refractivity contribution is 0.415. The molecule has 0 saturated heterocycles. The summed E-state index contributed by atoms with van der Waals surface area (Å²) in [7, 11) is 1.63. The minimum absolute atomic E-state index is 0.285. The molecule has 0 aliphatic rings. The molecule has 3 aromatic heterocycles. The Labute approximate surface area is 213 Å². The predicted molar refractivity (Wildman–Crippen MR) is 143 cm³/mol. The van der Waals surface area contributed by atoms with Crippen LogP contribution in [0.3, 0.4) is 0 Å². The van der Waals surface area contributed by atoms with E-state index in [1.807, 2.05) is 30.3 Å². The number of benzene rings is 3. The van der Waals surface area contributed by atoms with Crippen LogP contribution in [0, 0.1) is 0 Å². The van der Waals surface area contributed by atoms with Gasteiger partial charge in [-0.05, 0) is 78.9 Å². The Morgan fingerprint density at radius 3 is 2.36 bits per heavy atom. The van der Waals surface area contributed by atoms with Crippen LogP contribution >= 0.6 is 22.9 Å². The lowest BCUT2D eigenvalue weighted by atomic mass is 10.2. The molecule has 0 N–H and O–H groups in total. The Morgan fingerprint density at radius 1 is 0.889 bits per heavy atom. The molecule has 0 aliphatic carbocycles. The molecule has 7 nitrogen and oxygen atoms in total. The van der Waals surface area contributed by atoms with E-state index in [-0.39, 0.29) is 5.65 Å². The van der Waals surface area contributed by atoms with Gasteiger partial charge in [-0.2, -0.15) is 0 Å². The normalized spacial score (nSPS) is 11.3. The van der Waals surface area contributed by atoms with Gasteiger partial charge in [-0.15, -0.1) is 11.3 Å². The summed E-state index contributed by atoms with van der Waals surface area (Å²) in [6, 6.07) is 23.1. The Kier molecular flexibility index (Phi) is 5.40. The molecule has 0 unspecified atom stereocenters. The molecule has 0 aliphatic heterocycles. The third-order valence-corrected chi connectivity index (χ3v) is 7.19. The van der Waals surface area contributed by atoms with E-state index in [2.05, 4.69) is 4.98 Å². The van der Waals surface area contributed by atoms with Crippen LogP contribution in [-0.4, -0.2) is 26.2 Å². The first-order chi connectivity index (χ1) is 17.5. The van der Waals surface area contributed by atoms with Crippen molar-refractivity contribution in [3.63, 3.8) is 0 Å². The van der Waals surface area contributed by atoms with Gasteiger partial charge in [0, 0.05) is 16.8 Å². The lowest BCUT2D eigenvalue weighted by Gasteiger charge is -2.13. The van der Waals surface area contributed by atoms with Crippen LogP contribution in [0.2, 0.25) is 5.02 Å². The Hall–Kier alpha value is -4.27. The summed E-state index contributed by atoms with van der Waals surface area (Å²) in [4.78, 5) is 36.1. The molecule has 6 rings (SSSR count). The predicted octanol–water partition coefficient (Wildman–Crippen LogP) is 5.48. The molecule has 0 atom stereocenters. The number of thiazole rings is 1. The quantitative estimate of drug-likeness (QED) is 0.313. The number of pyridine rings is 1. The second-order valence-electron chi connectivity index (χ2n) is 8.01. The monoisotopic (exact) mass is 512 g/mol. The van der Waals surface area contributed by atoms with Crippen molar-refractivity contribution >= 4 is 44.2 Å². The van der Waals surface area contributed by atoms with Gasteiger partial charge in [-0.3, -0.25) is 4.79 Å². The standard InChI is InChI=1S/C27H17ClN4O3S/c1-35-20-12-13-22-23(15-20)36-25(30-22)16-4-8-19(9-5-16)32-26(33)21-3-2-14-29-24(21)31(27(32)34)18-10-6-17(28)7-11-18/h2-15H,1H3. The second-order valence-corrected chi connectivity index (χ2v) is 9.48. The fraction of sp³-hybridized carbons (Fsp3) is 0.0370. The van der Waals surface area contributed by atoms with E-state index in [9.17, 15) is 9.59 Å². The molecule has 6 aromatic rings. The van der Waals surface area contributed by atoms with Crippen molar-refractivity contribution in [3.8, 4) is 27.7 Å². The minimum atomic E-state index is -0.520. The molecule has 0 spiro atoms. The summed E-state index contributed by atoms with van der Waals surface area (Å²) >= 11 is 7.59. The average molecular weight is 513 g/mol. The summed E-state index contributed by atoms with van der Waals surface area (Å²) in [6.07, 6.45) is 1.56. The highest BCUT2D eigenvalue weighted by molar-refractivity contribution is 7.21. The molecular weight excluding hydrogens is 496 g/mol. The van der Waals surface area contributed by atoms with E-state index in [4.69, 9.17) is 21.3 Å². The van der Waals surface area contributed by atoms with Crippen LogP contribution in [0.5, 0.6) is 5.75 Å². The molecule has 0 radical (unpaired) electrons. The maximum Gasteiger partial charge on any atom is 0.341 e. The zero-order chi connectivity index (χ0) is 24.8. The first kappa shape index (κ1) is 22.2. The van der Waals surface area contributed by atoms with Crippen LogP contribution in [0.25, 0.3) is 43.2 Å². The van der Waals surface area contributed by atoms with Crippen molar-refractivity contribution in [3.05, 3.63) is 111 Å². The number of aromatic nitrogens is 4. The lowest BCUT2D eigenvalue weighted by Crippen LogP contribution is -2.38. The van der Waals surface area contributed by atoms with Crippen molar-refractivity contribution in [2.45, 2.75) is 0 Å². The number of hydrogen-bond donors (Lipinski definition) is 0. The summed E-state index contributed by atoms with van der Waals surface area (Å²) in [5, 5.41) is 1.70. The maximum absolute atomic E-state index is 13.7. The van der Waals surface area contributed by atoms with Gasteiger partial charge >= 0.3 is 5.69 Å². The van der Waals surface area contributed by atoms with E-state index < -0.39 is 11.2 Å². The SMILES string of the molecule is COc1ccc2nc(-c3ccc(-n4c(=O)c5cccnc5n(-c5ccc(Cl)cc5)c4=O)cc3)sc2c1. The van der Waals surface area contributed by atoms with Crippen molar-refractivity contribution in [1.29, 1.82) is 0 Å². The van der Waals surface area contributed by atoms with Crippen molar-refractivity contribution in [2.24, 2.45) is 0 Å². The van der Waals surface area contributed by atoms with Gasteiger partial charge < -0.3 is 4.74 Å². The van der Waals surface area contributed by atoms with Gasteiger partial charge in [-0.1, -0.05) is 11.6 Å². The summed E-state index contributed by atoms with van der Waals surface area (Å²) in [5.74, 6) is 0.773. The van der Waals surface area contributed by atoms with Crippen molar-refractivity contribution < 1.29 is 4.74 Å². The molecule has 3 heterocycles. The van der Waals surface area contributed by atoms with Gasteiger partial charge in [0.1, 0.15) is 10.8 Å². The Bertz CT molecular complexity index is 1870. The third kappa shape index (κ3) is 3.67. The molecule has 176 valence electrons. The molecule has 0 bridgehead atoms. The fourth-order valence-electron chi connectivity index (χ4n) is 4.10. The van der Waals surface area contributed by atoms with Gasteiger partial charge in [-0.25, -0.2) is 23.9 Å². The fourth-order valence-corrected chi connectivity index (χ4v) is 5.22. The van der Waals surface area contributed by atoms with E-state index in [1.165, 1.54) is 4.57 Å². The van der Waals surface area contributed by atoms with E-state index >= 15 is 0 Å². The first-order valence-electron chi connectivity index (χ1n) is 11.0. The van der Waals surface area contributed by atoms with Crippen LogP contribution in [-0.2, 0) is 0 Å². The number of rotatable bonds is 4. The Balaban J connectivity index is 1.50. The van der Waals surface area contributed by atoms with E-state index in [0.29, 0.717) is 21.8 Å². The van der Waals surface area contributed by atoms with E-state index in [1.54, 1.807) is 73.2 Å². The average Bonchev–Trinajstić information content (AvgIpc) is 3.34. The maximum atomic E-state index is 13.7. The molecule has 0 amide bonds. The zero-order valence-corrected chi connectivity index (χ0v) is 20.5. The number of halogens is 1. The number of methoxy groups -OCH3 is 1. The van der Waals surface area contributed by atoms with Crippen molar-refractivity contribution in [1.82, 2.24) is 19.1 Å². The topological polar surface area (TPSA) is 79.0 Å². The third-order valence-electron chi connectivity index (χ3n) is 5.87. The first-order valence-corrected chi connectivity index (χ1v) is 12.2. The second kappa shape index (κ2) is 8.75. The number of fused-ring (bicyclic) bond motifs is 2. The van der Waals surface area contributed by atoms with Gasteiger partial charge in [0.15, 0.2) is 5.65 Å². The largest absolute Gasteiger partial charge is 0.497 e. The Morgan fingerprint density at radius 2 is 1.61 bits per heavy atom.